The van der Waals surface area contributed by atoms with E-state index in [1.165, 1.54) is 22.6 Å². The Bertz CT molecular complexity index is 282. The van der Waals surface area contributed by atoms with Gasteiger partial charge < -0.3 is 0 Å². The predicted octanol–water partition coefficient (Wildman–Crippen LogP) is 3.17. The summed E-state index contributed by atoms with van der Waals surface area (Å²) >= 11 is 3.89. The first-order valence-corrected chi connectivity index (χ1v) is 6.65. The monoisotopic (exact) mass is 213 g/mol. The molecule has 1 saturated heterocycles. The number of rotatable bonds is 2. The van der Waals surface area contributed by atoms with Crippen molar-refractivity contribution in [1.29, 1.82) is 0 Å². The van der Waals surface area contributed by atoms with E-state index in [1.807, 2.05) is 23.1 Å². The lowest BCUT2D eigenvalue weighted by Gasteiger charge is -2.11. The van der Waals surface area contributed by atoms with Crippen molar-refractivity contribution >= 4 is 23.1 Å². The molecule has 0 amide bonds. The maximum Gasteiger partial charge on any atom is 0.0803 e. The standard InChI is InChI=1S/C10H15NS2/c1-3-8-6-13-10(11-8)9-4-5-12-7(9)2/h4-5,8,10-11H,3,6H2,1-2H3. The topological polar surface area (TPSA) is 12.0 Å². The number of aryl methyl sites for hydroxylation is 1. The number of thioether (sulfide) groups is 1. The van der Waals surface area contributed by atoms with Gasteiger partial charge in [-0.05, 0) is 30.4 Å². The van der Waals surface area contributed by atoms with Gasteiger partial charge in [-0.3, -0.25) is 5.32 Å². The maximum atomic E-state index is 3.65. The molecule has 0 aromatic carbocycles. The Morgan fingerprint density at radius 3 is 3.00 bits per heavy atom. The highest BCUT2D eigenvalue weighted by Crippen LogP contribution is 2.36. The molecule has 1 aromatic rings. The van der Waals surface area contributed by atoms with Gasteiger partial charge in [0.25, 0.3) is 0 Å². The zero-order valence-electron chi connectivity index (χ0n) is 8.04. The molecule has 13 heavy (non-hydrogen) atoms. The highest BCUT2D eigenvalue weighted by molar-refractivity contribution is 7.99. The highest BCUT2D eigenvalue weighted by atomic mass is 32.2. The minimum atomic E-state index is 0.552. The second-order valence-electron chi connectivity index (χ2n) is 3.42. The summed E-state index contributed by atoms with van der Waals surface area (Å²) in [5.41, 5.74) is 1.49. The van der Waals surface area contributed by atoms with E-state index in [0.29, 0.717) is 11.4 Å². The molecular weight excluding hydrogens is 198 g/mol. The molecule has 1 aliphatic rings. The molecule has 1 aliphatic heterocycles. The van der Waals surface area contributed by atoms with Crippen LogP contribution in [0.2, 0.25) is 0 Å². The molecule has 0 bridgehead atoms. The van der Waals surface area contributed by atoms with Gasteiger partial charge in [0.05, 0.1) is 5.37 Å². The Labute approximate surface area is 87.9 Å². The van der Waals surface area contributed by atoms with Gasteiger partial charge in [-0.15, -0.1) is 23.1 Å². The number of thiophene rings is 1. The third kappa shape index (κ3) is 1.92. The van der Waals surface area contributed by atoms with Crippen LogP contribution in [0.1, 0.15) is 29.2 Å². The fourth-order valence-electron chi connectivity index (χ4n) is 1.60. The lowest BCUT2D eigenvalue weighted by atomic mass is 10.2. The molecule has 1 nitrogen and oxygen atoms in total. The summed E-state index contributed by atoms with van der Waals surface area (Å²) in [5.74, 6) is 1.26. The fourth-order valence-corrected chi connectivity index (χ4v) is 3.90. The Kier molecular flexibility index (Phi) is 2.96. The van der Waals surface area contributed by atoms with E-state index in [9.17, 15) is 0 Å². The summed E-state index contributed by atoms with van der Waals surface area (Å²) < 4.78 is 0. The van der Waals surface area contributed by atoms with Gasteiger partial charge in [0, 0.05) is 16.7 Å². The molecule has 1 N–H and O–H groups in total. The third-order valence-corrected chi connectivity index (χ3v) is 4.70. The van der Waals surface area contributed by atoms with Crippen molar-refractivity contribution in [1.82, 2.24) is 5.32 Å². The van der Waals surface area contributed by atoms with Gasteiger partial charge in [0.15, 0.2) is 0 Å². The van der Waals surface area contributed by atoms with Crippen molar-refractivity contribution in [2.75, 3.05) is 5.75 Å². The van der Waals surface area contributed by atoms with E-state index in [1.54, 1.807) is 0 Å². The van der Waals surface area contributed by atoms with Crippen LogP contribution in [0, 0.1) is 6.92 Å². The normalized spacial score (nSPS) is 28.2. The zero-order chi connectivity index (χ0) is 9.26. The summed E-state index contributed by atoms with van der Waals surface area (Å²) in [5, 5.41) is 6.39. The summed E-state index contributed by atoms with van der Waals surface area (Å²) in [6, 6.07) is 2.97. The van der Waals surface area contributed by atoms with Crippen LogP contribution in [-0.4, -0.2) is 11.8 Å². The van der Waals surface area contributed by atoms with E-state index in [-0.39, 0.29) is 0 Å². The summed E-state index contributed by atoms with van der Waals surface area (Å²) in [7, 11) is 0. The van der Waals surface area contributed by atoms with Crippen LogP contribution >= 0.6 is 23.1 Å². The van der Waals surface area contributed by atoms with E-state index >= 15 is 0 Å². The molecule has 72 valence electrons. The lowest BCUT2D eigenvalue weighted by Crippen LogP contribution is -2.24. The smallest absolute Gasteiger partial charge is 0.0803 e. The molecule has 1 fully saturated rings. The third-order valence-electron chi connectivity index (χ3n) is 2.53. The minimum Gasteiger partial charge on any atom is -0.298 e. The van der Waals surface area contributed by atoms with Crippen molar-refractivity contribution in [2.24, 2.45) is 0 Å². The molecule has 3 heteroatoms. The Morgan fingerprint density at radius 1 is 1.62 bits per heavy atom. The Morgan fingerprint density at radius 2 is 2.46 bits per heavy atom. The molecule has 2 unspecified atom stereocenters. The number of hydrogen-bond acceptors (Lipinski definition) is 3. The van der Waals surface area contributed by atoms with Crippen molar-refractivity contribution in [2.45, 2.75) is 31.7 Å². The molecule has 0 radical (unpaired) electrons. The van der Waals surface area contributed by atoms with Crippen molar-refractivity contribution < 1.29 is 0 Å². The molecule has 0 aliphatic carbocycles. The van der Waals surface area contributed by atoms with Crippen molar-refractivity contribution in [3.8, 4) is 0 Å². The van der Waals surface area contributed by atoms with Crippen molar-refractivity contribution in [3.63, 3.8) is 0 Å². The van der Waals surface area contributed by atoms with Crippen LogP contribution in [0.15, 0.2) is 11.4 Å². The molecule has 2 heterocycles. The zero-order valence-corrected chi connectivity index (χ0v) is 9.67. The Balaban J connectivity index is 2.08. The maximum absolute atomic E-state index is 3.65. The fraction of sp³-hybridized carbons (Fsp3) is 0.600. The average molecular weight is 213 g/mol. The second kappa shape index (κ2) is 4.03. The quantitative estimate of drug-likeness (QED) is 0.810. The van der Waals surface area contributed by atoms with E-state index in [0.717, 1.165) is 0 Å². The molecular formula is C10H15NS2. The van der Waals surface area contributed by atoms with Gasteiger partial charge in [-0.2, -0.15) is 0 Å². The highest BCUT2D eigenvalue weighted by Gasteiger charge is 2.25. The van der Waals surface area contributed by atoms with Crippen LogP contribution < -0.4 is 5.32 Å². The number of hydrogen-bond donors (Lipinski definition) is 1. The van der Waals surface area contributed by atoms with Crippen LogP contribution in [0.3, 0.4) is 0 Å². The first-order chi connectivity index (χ1) is 6.31. The van der Waals surface area contributed by atoms with Crippen LogP contribution in [-0.2, 0) is 0 Å². The van der Waals surface area contributed by atoms with Crippen molar-refractivity contribution in [3.05, 3.63) is 21.9 Å². The predicted molar refractivity (Wildman–Crippen MR) is 61.5 cm³/mol. The van der Waals surface area contributed by atoms with Crippen LogP contribution in [0.4, 0.5) is 0 Å². The molecule has 0 spiro atoms. The Hall–Kier alpha value is 0.01000. The SMILES string of the molecule is CCC1CSC(c2ccsc2C)N1. The van der Waals surface area contributed by atoms with Gasteiger partial charge in [-0.25, -0.2) is 0 Å². The van der Waals surface area contributed by atoms with Crippen LogP contribution in [0.5, 0.6) is 0 Å². The summed E-state index contributed by atoms with van der Waals surface area (Å²) in [6.45, 7) is 4.46. The van der Waals surface area contributed by atoms with Crippen LogP contribution in [0.25, 0.3) is 0 Å². The molecule has 2 atom stereocenters. The number of nitrogens with one attached hydrogen (secondary N) is 1. The molecule has 1 aromatic heterocycles. The minimum absolute atomic E-state index is 0.552. The molecule has 2 rings (SSSR count). The van der Waals surface area contributed by atoms with Gasteiger partial charge >= 0.3 is 0 Å². The average Bonchev–Trinajstić information content (AvgIpc) is 2.71. The first-order valence-electron chi connectivity index (χ1n) is 4.73. The second-order valence-corrected chi connectivity index (χ2v) is 5.68. The van der Waals surface area contributed by atoms with E-state index in [2.05, 4.69) is 30.6 Å². The summed E-state index contributed by atoms with van der Waals surface area (Å²) in [4.78, 5) is 1.46. The largest absolute Gasteiger partial charge is 0.298 e. The van der Waals surface area contributed by atoms with E-state index < -0.39 is 0 Å². The lowest BCUT2D eigenvalue weighted by molar-refractivity contribution is 0.561. The van der Waals surface area contributed by atoms with Gasteiger partial charge in [0.1, 0.15) is 0 Å². The van der Waals surface area contributed by atoms with Gasteiger partial charge in [-0.1, -0.05) is 6.92 Å². The first kappa shape index (κ1) is 9.56. The van der Waals surface area contributed by atoms with Gasteiger partial charge in [0.2, 0.25) is 0 Å². The summed E-state index contributed by atoms with van der Waals surface area (Å²) in [6.07, 6.45) is 1.24. The molecule has 0 saturated carbocycles. The van der Waals surface area contributed by atoms with E-state index in [4.69, 9.17) is 0 Å².